The number of aromatic nitrogens is 2. The Balaban J connectivity index is 2.52. The number of nitro groups is 1. The molecule has 1 saturated heterocycles. The van der Waals surface area contributed by atoms with Crippen LogP contribution in [-0.2, 0) is 11.3 Å². The molecule has 20 heavy (non-hydrogen) atoms. The molecule has 0 radical (unpaired) electrons. The number of carboxylic acid groups (broad SMARTS) is 1. The monoisotopic (exact) mass is 282 g/mol. The Labute approximate surface area is 116 Å². The number of nitrogens with zero attached hydrogens (tertiary/aromatic N) is 4. The summed E-state index contributed by atoms with van der Waals surface area (Å²) in [6.07, 6.45) is 1.99. The zero-order valence-corrected chi connectivity index (χ0v) is 11.6. The number of aliphatic carboxylic acids is 1. The van der Waals surface area contributed by atoms with Gasteiger partial charge in [-0.3, -0.25) is 10.1 Å². The van der Waals surface area contributed by atoms with E-state index in [4.69, 9.17) is 0 Å². The molecule has 0 bridgehead atoms. The molecule has 2 heterocycles. The highest BCUT2D eigenvalue weighted by atomic mass is 16.6. The summed E-state index contributed by atoms with van der Waals surface area (Å²) in [4.78, 5) is 23.7. The van der Waals surface area contributed by atoms with Gasteiger partial charge in [0.2, 0.25) is 5.82 Å². The molecule has 1 fully saturated rings. The van der Waals surface area contributed by atoms with Gasteiger partial charge in [-0.05, 0) is 26.2 Å². The molecule has 1 N–H and O–H groups in total. The van der Waals surface area contributed by atoms with Gasteiger partial charge in [-0.2, -0.15) is 5.10 Å². The number of hydrogen-bond acceptors (Lipinski definition) is 5. The molecule has 2 rings (SSSR count). The van der Waals surface area contributed by atoms with Crippen LogP contribution >= 0.6 is 0 Å². The molecule has 1 unspecified atom stereocenters. The minimum Gasteiger partial charge on any atom is -0.480 e. The van der Waals surface area contributed by atoms with Gasteiger partial charge in [0.1, 0.15) is 11.7 Å². The van der Waals surface area contributed by atoms with Crippen LogP contribution in [0.15, 0.2) is 0 Å². The maximum Gasteiger partial charge on any atom is 0.333 e. The molecule has 0 amide bonds. The molecule has 0 spiro atoms. The van der Waals surface area contributed by atoms with Crippen LogP contribution in [0.2, 0.25) is 0 Å². The van der Waals surface area contributed by atoms with Crippen molar-refractivity contribution in [1.82, 2.24) is 9.78 Å². The molecule has 0 aromatic carbocycles. The van der Waals surface area contributed by atoms with Crippen molar-refractivity contribution in [1.29, 1.82) is 0 Å². The third-order valence-electron chi connectivity index (χ3n) is 3.50. The predicted octanol–water partition coefficient (Wildman–Crippen LogP) is 1.56. The van der Waals surface area contributed by atoms with Gasteiger partial charge in [-0.1, -0.05) is 6.92 Å². The topological polar surface area (TPSA) is 101 Å². The number of carbonyl (C=O) groups is 1. The van der Waals surface area contributed by atoms with Crippen LogP contribution in [0, 0.1) is 17.0 Å². The Morgan fingerprint density at radius 3 is 2.85 bits per heavy atom. The quantitative estimate of drug-likeness (QED) is 0.649. The SMILES string of the molecule is CCCn1nc(C)c([N+](=O)[O-])c1N1CCCC1C(=O)O. The average Bonchev–Trinajstić information content (AvgIpc) is 2.93. The Morgan fingerprint density at radius 1 is 1.60 bits per heavy atom. The van der Waals surface area contributed by atoms with Gasteiger partial charge < -0.3 is 10.0 Å². The lowest BCUT2D eigenvalue weighted by Gasteiger charge is -2.23. The summed E-state index contributed by atoms with van der Waals surface area (Å²) in [5.74, 6) is -0.613. The van der Waals surface area contributed by atoms with E-state index in [1.807, 2.05) is 6.92 Å². The highest BCUT2D eigenvalue weighted by Gasteiger charge is 2.38. The van der Waals surface area contributed by atoms with E-state index in [1.54, 1.807) is 16.5 Å². The largest absolute Gasteiger partial charge is 0.480 e. The molecule has 1 atom stereocenters. The van der Waals surface area contributed by atoms with Crippen LogP contribution in [0.1, 0.15) is 31.9 Å². The molecular formula is C12H18N4O4. The smallest absolute Gasteiger partial charge is 0.333 e. The lowest BCUT2D eigenvalue weighted by atomic mass is 10.2. The summed E-state index contributed by atoms with van der Waals surface area (Å²) in [6, 6.07) is -0.708. The fourth-order valence-electron chi connectivity index (χ4n) is 2.70. The third-order valence-corrected chi connectivity index (χ3v) is 3.50. The Kier molecular flexibility index (Phi) is 3.91. The second-order valence-corrected chi connectivity index (χ2v) is 4.93. The van der Waals surface area contributed by atoms with Gasteiger partial charge >= 0.3 is 11.7 Å². The summed E-state index contributed by atoms with van der Waals surface area (Å²) in [5.41, 5.74) is 0.251. The van der Waals surface area contributed by atoms with E-state index in [0.717, 1.165) is 6.42 Å². The third kappa shape index (κ3) is 2.33. The Hall–Kier alpha value is -2.12. The van der Waals surface area contributed by atoms with Gasteiger partial charge in [0.25, 0.3) is 0 Å². The first-order valence-corrected chi connectivity index (χ1v) is 6.68. The minimum absolute atomic E-state index is 0.0772. The summed E-state index contributed by atoms with van der Waals surface area (Å²) < 4.78 is 1.56. The van der Waals surface area contributed by atoms with Crippen molar-refractivity contribution >= 4 is 17.5 Å². The first kappa shape index (κ1) is 14.3. The van der Waals surface area contributed by atoms with E-state index in [-0.39, 0.29) is 5.69 Å². The highest BCUT2D eigenvalue weighted by molar-refractivity contribution is 5.80. The number of anilines is 1. The van der Waals surface area contributed by atoms with Crippen LogP contribution < -0.4 is 4.90 Å². The Bertz CT molecular complexity index is 540. The Morgan fingerprint density at radius 2 is 2.30 bits per heavy atom. The van der Waals surface area contributed by atoms with Crippen molar-refractivity contribution in [3.05, 3.63) is 15.8 Å². The van der Waals surface area contributed by atoms with Crippen molar-refractivity contribution in [2.45, 2.75) is 45.7 Å². The summed E-state index contributed by atoms with van der Waals surface area (Å²) in [6.45, 7) is 4.57. The van der Waals surface area contributed by atoms with E-state index in [0.29, 0.717) is 37.4 Å². The minimum atomic E-state index is -0.946. The van der Waals surface area contributed by atoms with Gasteiger partial charge in [-0.15, -0.1) is 0 Å². The van der Waals surface area contributed by atoms with Gasteiger partial charge in [0, 0.05) is 13.1 Å². The second-order valence-electron chi connectivity index (χ2n) is 4.93. The van der Waals surface area contributed by atoms with Gasteiger partial charge in [-0.25, -0.2) is 9.48 Å². The van der Waals surface area contributed by atoms with E-state index >= 15 is 0 Å². The van der Waals surface area contributed by atoms with Gasteiger partial charge in [0.05, 0.1) is 4.92 Å². The van der Waals surface area contributed by atoms with E-state index in [1.165, 1.54) is 0 Å². The predicted molar refractivity (Wildman–Crippen MR) is 71.9 cm³/mol. The van der Waals surface area contributed by atoms with Crippen molar-refractivity contribution in [2.75, 3.05) is 11.4 Å². The second kappa shape index (κ2) is 5.48. The zero-order valence-electron chi connectivity index (χ0n) is 11.6. The van der Waals surface area contributed by atoms with Crippen molar-refractivity contribution in [2.24, 2.45) is 0 Å². The van der Waals surface area contributed by atoms with Crippen LogP contribution in [0.3, 0.4) is 0 Å². The lowest BCUT2D eigenvalue weighted by molar-refractivity contribution is -0.384. The molecule has 1 aromatic heterocycles. The first-order valence-electron chi connectivity index (χ1n) is 6.68. The van der Waals surface area contributed by atoms with E-state index < -0.39 is 16.9 Å². The summed E-state index contributed by atoms with van der Waals surface area (Å²) in [7, 11) is 0. The maximum atomic E-state index is 11.3. The fourth-order valence-corrected chi connectivity index (χ4v) is 2.70. The molecular weight excluding hydrogens is 264 g/mol. The normalized spacial score (nSPS) is 18.5. The zero-order chi connectivity index (χ0) is 14.9. The van der Waals surface area contributed by atoms with Crippen molar-refractivity contribution in [3.8, 4) is 0 Å². The van der Waals surface area contributed by atoms with E-state index in [9.17, 15) is 20.0 Å². The van der Waals surface area contributed by atoms with Crippen LogP contribution in [0.4, 0.5) is 11.5 Å². The standard InChI is InChI=1S/C12H18N4O4/c1-3-6-15-11(10(16(19)20)8(2)13-15)14-7-4-5-9(14)12(17)18/h9H,3-7H2,1-2H3,(H,17,18). The van der Waals surface area contributed by atoms with Gasteiger partial charge in [0.15, 0.2) is 0 Å². The molecule has 110 valence electrons. The average molecular weight is 282 g/mol. The van der Waals surface area contributed by atoms with Crippen LogP contribution in [0.25, 0.3) is 0 Å². The molecule has 0 aliphatic carbocycles. The van der Waals surface area contributed by atoms with E-state index in [2.05, 4.69) is 5.10 Å². The highest BCUT2D eigenvalue weighted by Crippen LogP contribution is 2.36. The first-order chi connectivity index (χ1) is 9.47. The number of carboxylic acids is 1. The molecule has 1 aliphatic rings. The fraction of sp³-hybridized carbons (Fsp3) is 0.667. The van der Waals surface area contributed by atoms with Crippen LogP contribution in [-0.4, -0.2) is 38.4 Å². The number of hydrogen-bond donors (Lipinski definition) is 1. The molecule has 1 aromatic rings. The molecule has 0 saturated carbocycles. The molecule has 1 aliphatic heterocycles. The van der Waals surface area contributed by atoms with Crippen molar-refractivity contribution in [3.63, 3.8) is 0 Å². The summed E-state index contributed by atoms with van der Waals surface area (Å²) >= 11 is 0. The summed E-state index contributed by atoms with van der Waals surface area (Å²) in [5, 5.41) is 24.7. The molecule has 8 heteroatoms. The lowest BCUT2D eigenvalue weighted by Crippen LogP contribution is -2.37. The van der Waals surface area contributed by atoms with Crippen LogP contribution in [0.5, 0.6) is 0 Å². The maximum absolute atomic E-state index is 11.3. The number of aryl methyl sites for hydroxylation is 2. The number of rotatable bonds is 5. The van der Waals surface area contributed by atoms with Crippen molar-refractivity contribution < 1.29 is 14.8 Å². The molecule has 8 nitrogen and oxygen atoms in total.